The predicted octanol–water partition coefficient (Wildman–Crippen LogP) is 1.05. The van der Waals surface area contributed by atoms with Gasteiger partial charge in [0.05, 0.1) is 27.4 Å². The van der Waals surface area contributed by atoms with Crippen molar-refractivity contribution in [1.82, 2.24) is 0 Å². The Bertz CT molecular complexity index is 293. The van der Waals surface area contributed by atoms with E-state index in [1.807, 2.05) is 0 Å². The third-order valence-electron chi connectivity index (χ3n) is 1.93. The lowest BCUT2D eigenvalue weighted by Crippen LogP contribution is -2.20. The summed E-state index contributed by atoms with van der Waals surface area (Å²) in [4.78, 5) is 22.5. The molecule has 5 heteroatoms. The molecule has 0 fully saturated rings. The van der Waals surface area contributed by atoms with Crippen LogP contribution in [0.1, 0.15) is 6.42 Å². The molecule has 1 atom stereocenters. The van der Waals surface area contributed by atoms with Crippen molar-refractivity contribution in [3.63, 3.8) is 0 Å². The maximum atomic E-state index is 11.4. The van der Waals surface area contributed by atoms with Gasteiger partial charge in [-0.25, -0.2) is 4.79 Å². The van der Waals surface area contributed by atoms with E-state index in [2.05, 4.69) is 16.1 Å². The van der Waals surface area contributed by atoms with E-state index in [4.69, 9.17) is 4.74 Å². The first-order chi connectivity index (χ1) is 7.60. The predicted molar refractivity (Wildman–Crippen MR) is 57.4 cm³/mol. The molecule has 0 bridgehead atoms. The average Bonchev–Trinajstić information content (AvgIpc) is 2.32. The van der Waals surface area contributed by atoms with Crippen molar-refractivity contribution < 1.29 is 23.8 Å². The molecule has 0 aliphatic carbocycles. The number of hydrogen-bond donors (Lipinski definition) is 0. The van der Waals surface area contributed by atoms with E-state index in [1.165, 1.54) is 21.3 Å². The highest BCUT2D eigenvalue weighted by molar-refractivity contribution is 5.84. The number of hydrogen-bond acceptors (Lipinski definition) is 5. The van der Waals surface area contributed by atoms with E-state index in [0.29, 0.717) is 6.42 Å². The van der Waals surface area contributed by atoms with Gasteiger partial charge in [-0.15, -0.1) is 6.58 Å². The van der Waals surface area contributed by atoms with Crippen LogP contribution in [0.2, 0.25) is 0 Å². The number of ether oxygens (including phenoxy) is 3. The first-order valence-electron chi connectivity index (χ1n) is 4.62. The molecule has 90 valence electrons. The minimum atomic E-state index is -0.674. The Morgan fingerprint density at radius 1 is 1.19 bits per heavy atom. The van der Waals surface area contributed by atoms with Crippen LogP contribution in [0.3, 0.4) is 0 Å². The largest absolute Gasteiger partial charge is 0.500 e. The van der Waals surface area contributed by atoms with E-state index >= 15 is 0 Å². The van der Waals surface area contributed by atoms with Gasteiger partial charge in [0.15, 0.2) is 0 Å². The summed E-state index contributed by atoms with van der Waals surface area (Å²) < 4.78 is 14.0. The second-order valence-corrected chi connectivity index (χ2v) is 2.87. The molecule has 0 amide bonds. The summed E-state index contributed by atoms with van der Waals surface area (Å²) in [5.41, 5.74) is 0. The van der Waals surface area contributed by atoms with Crippen LogP contribution >= 0.6 is 0 Å². The van der Waals surface area contributed by atoms with Gasteiger partial charge in [-0.1, -0.05) is 6.08 Å². The summed E-state index contributed by atoms with van der Waals surface area (Å²) in [5, 5.41) is 0. The average molecular weight is 228 g/mol. The van der Waals surface area contributed by atoms with Crippen molar-refractivity contribution in [2.24, 2.45) is 5.92 Å². The summed E-state index contributed by atoms with van der Waals surface area (Å²) in [7, 11) is 3.88. The molecular weight excluding hydrogens is 212 g/mol. The van der Waals surface area contributed by atoms with Crippen LogP contribution in [-0.2, 0) is 23.8 Å². The van der Waals surface area contributed by atoms with Gasteiger partial charge in [-0.2, -0.15) is 0 Å². The van der Waals surface area contributed by atoms with Crippen molar-refractivity contribution in [3.8, 4) is 0 Å². The first-order valence-corrected chi connectivity index (χ1v) is 4.62. The zero-order valence-corrected chi connectivity index (χ0v) is 9.69. The lowest BCUT2D eigenvalue weighted by atomic mass is 10.0. The molecule has 0 aromatic carbocycles. The summed E-state index contributed by atoms with van der Waals surface area (Å²) in [6, 6.07) is 0. The normalized spacial score (nSPS) is 12.6. The molecule has 0 heterocycles. The van der Waals surface area contributed by atoms with E-state index in [-0.39, 0.29) is 5.76 Å². The fourth-order valence-electron chi connectivity index (χ4n) is 1.11. The fraction of sp³-hybridized carbons (Fsp3) is 0.455. The molecule has 0 spiro atoms. The lowest BCUT2D eigenvalue weighted by molar-refractivity contribution is -0.145. The van der Waals surface area contributed by atoms with Crippen LogP contribution in [0.5, 0.6) is 0 Å². The summed E-state index contributed by atoms with van der Waals surface area (Å²) >= 11 is 0. The molecule has 0 aromatic heterocycles. The van der Waals surface area contributed by atoms with Crippen LogP contribution in [0.25, 0.3) is 0 Å². The van der Waals surface area contributed by atoms with Gasteiger partial charge in [-0.3, -0.25) is 4.79 Å². The van der Waals surface area contributed by atoms with Crippen LogP contribution < -0.4 is 0 Å². The lowest BCUT2D eigenvalue weighted by Gasteiger charge is -2.15. The Hall–Kier alpha value is -1.78. The molecule has 0 saturated carbocycles. The maximum absolute atomic E-state index is 11.4. The third kappa shape index (κ3) is 4.16. The molecule has 0 aliphatic rings. The number of carbonyl (C=O) groups is 2. The minimum absolute atomic E-state index is 0.193. The van der Waals surface area contributed by atoms with Gasteiger partial charge in [0, 0.05) is 0 Å². The molecule has 0 radical (unpaired) electrons. The number of methoxy groups -OCH3 is 3. The van der Waals surface area contributed by atoms with Gasteiger partial charge in [-0.05, 0) is 6.42 Å². The van der Waals surface area contributed by atoms with Gasteiger partial charge < -0.3 is 14.2 Å². The maximum Gasteiger partial charge on any atom is 0.333 e. The Morgan fingerprint density at radius 3 is 2.19 bits per heavy atom. The second kappa shape index (κ2) is 7.50. The molecular formula is C11H16O5. The topological polar surface area (TPSA) is 61.8 Å². The SMILES string of the molecule is C=CCC(C(=O)OC)/C(=C\C(=O)OC)OC. The highest BCUT2D eigenvalue weighted by Crippen LogP contribution is 2.18. The summed E-state index contributed by atoms with van der Waals surface area (Å²) in [6.07, 6.45) is 2.99. The smallest absolute Gasteiger partial charge is 0.333 e. The first kappa shape index (κ1) is 14.2. The monoisotopic (exact) mass is 228 g/mol. The van der Waals surface area contributed by atoms with Crippen LogP contribution in [0.4, 0.5) is 0 Å². The van der Waals surface area contributed by atoms with E-state index in [1.54, 1.807) is 6.08 Å². The molecule has 0 aliphatic heterocycles. The molecule has 0 aromatic rings. The number of allylic oxidation sites excluding steroid dienone is 1. The Morgan fingerprint density at radius 2 is 1.81 bits per heavy atom. The summed E-state index contributed by atoms with van der Waals surface area (Å²) in [5.74, 6) is -1.56. The molecule has 1 unspecified atom stereocenters. The summed E-state index contributed by atoms with van der Waals surface area (Å²) in [6.45, 7) is 3.53. The molecule has 5 nitrogen and oxygen atoms in total. The Balaban J connectivity index is 4.97. The number of carbonyl (C=O) groups excluding carboxylic acids is 2. The van der Waals surface area contributed by atoms with Crippen molar-refractivity contribution in [2.75, 3.05) is 21.3 Å². The van der Waals surface area contributed by atoms with Gasteiger partial charge in [0.2, 0.25) is 0 Å². The fourth-order valence-corrected chi connectivity index (χ4v) is 1.11. The van der Waals surface area contributed by atoms with Gasteiger partial charge in [0.1, 0.15) is 11.7 Å². The molecule has 0 rings (SSSR count). The van der Waals surface area contributed by atoms with E-state index in [9.17, 15) is 9.59 Å². The highest BCUT2D eigenvalue weighted by Gasteiger charge is 2.24. The minimum Gasteiger partial charge on any atom is -0.500 e. The Kier molecular flexibility index (Phi) is 6.67. The van der Waals surface area contributed by atoms with Crippen LogP contribution in [-0.4, -0.2) is 33.3 Å². The van der Waals surface area contributed by atoms with E-state index in [0.717, 1.165) is 6.08 Å². The van der Waals surface area contributed by atoms with Crippen molar-refractivity contribution >= 4 is 11.9 Å². The third-order valence-corrected chi connectivity index (χ3v) is 1.93. The molecule has 0 N–H and O–H groups in total. The van der Waals surface area contributed by atoms with Gasteiger partial charge >= 0.3 is 11.9 Å². The van der Waals surface area contributed by atoms with Crippen LogP contribution in [0, 0.1) is 5.92 Å². The number of rotatable bonds is 6. The van der Waals surface area contributed by atoms with E-state index < -0.39 is 17.9 Å². The van der Waals surface area contributed by atoms with Gasteiger partial charge in [0.25, 0.3) is 0 Å². The second-order valence-electron chi connectivity index (χ2n) is 2.87. The standard InChI is InChI=1S/C11H16O5/c1-5-6-8(11(13)16-4)9(14-2)7-10(12)15-3/h5,7-8H,1,6H2,2-4H3/b9-7+. The highest BCUT2D eigenvalue weighted by atomic mass is 16.5. The van der Waals surface area contributed by atoms with Crippen LogP contribution in [0.15, 0.2) is 24.5 Å². The molecule has 0 saturated heterocycles. The van der Waals surface area contributed by atoms with Crippen molar-refractivity contribution in [2.45, 2.75) is 6.42 Å². The van der Waals surface area contributed by atoms with Crippen molar-refractivity contribution in [3.05, 3.63) is 24.5 Å². The Labute approximate surface area is 94.7 Å². The van der Waals surface area contributed by atoms with Crippen molar-refractivity contribution in [1.29, 1.82) is 0 Å². The molecule has 16 heavy (non-hydrogen) atoms. The number of esters is 2. The zero-order chi connectivity index (χ0) is 12.6. The zero-order valence-electron chi connectivity index (χ0n) is 9.69. The quantitative estimate of drug-likeness (QED) is 0.294.